The Kier molecular flexibility index (Phi) is 1.50. The van der Waals surface area contributed by atoms with Crippen LogP contribution < -0.4 is 11.1 Å². The fourth-order valence-corrected chi connectivity index (χ4v) is 1.28. The average Bonchev–Trinajstić information content (AvgIpc) is 2.55. The maximum absolute atomic E-state index is 5.31. The van der Waals surface area contributed by atoms with Crippen molar-refractivity contribution >= 4 is 5.95 Å². The number of rotatable bonds is 1. The summed E-state index contributed by atoms with van der Waals surface area (Å²) >= 11 is 0. The van der Waals surface area contributed by atoms with Crippen LogP contribution in [0.1, 0.15) is 18.2 Å². The Morgan fingerprint density at radius 3 is 3.09 bits per heavy atom. The first kappa shape index (κ1) is 6.60. The lowest BCUT2D eigenvalue weighted by atomic mass is 10.1. The van der Waals surface area contributed by atoms with Gasteiger partial charge in [-0.3, -0.25) is 0 Å². The molecule has 0 bridgehead atoms. The second kappa shape index (κ2) is 2.50. The minimum absolute atomic E-state index is 0.229. The minimum Gasteiger partial charge on any atom is -0.365 e. The summed E-state index contributed by atoms with van der Waals surface area (Å²) in [6.07, 6.45) is 1.06. The standard InChI is InChI=1S/C6H10N4O/c7-6-9-5(11-10-6)4-1-2-8-3-4/h4,8H,1-3H2,(H2,7,10). The number of anilines is 1. The van der Waals surface area contributed by atoms with E-state index in [1.807, 2.05) is 0 Å². The molecule has 1 aromatic rings. The van der Waals surface area contributed by atoms with Crippen molar-refractivity contribution in [1.29, 1.82) is 0 Å². The molecule has 1 aliphatic rings. The van der Waals surface area contributed by atoms with Gasteiger partial charge in [0.25, 0.3) is 5.95 Å². The molecular formula is C6H10N4O. The quantitative estimate of drug-likeness (QED) is 0.582. The predicted molar refractivity (Wildman–Crippen MR) is 38.9 cm³/mol. The van der Waals surface area contributed by atoms with Crippen LogP contribution in [0.4, 0.5) is 5.95 Å². The van der Waals surface area contributed by atoms with Gasteiger partial charge in [0, 0.05) is 6.54 Å². The summed E-state index contributed by atoms with van der Waals surface area (Å²) in [5.41, 5.74) is 5.31. The van der Waals surface area contributed by atoms with Gasteiger partial charge in [0.15, 0.2) is 0 Å². The van der Waals surface area contributed by atoms with Crippen molar-refractivity contribution in [1.82, 2.24) is 15.5 Å². The molecule has 3 N–H and O–H groups in total. The second-order valence-electron chi connectivity index (χ2n) is 2.68. The molecule has 1 aromatic heterocycles. The van der Waals surface area contributed by atoms with Crippen molar-refractivity contribution in [3.05, 3.63) is 5.89 Å². The maximum atomic E-state index is 5.31. The van der Waals surface area contributed by atoms with E-state index in [1.54, 1.807) is 0 Å². The molecule has 0 spiro atoms. The zero-order chi connectivity index (χ0) is 7.68. The monoisotopic (exact) mass is 154 g/mol. The van der Waals surface area contributed by atoms with Gasteiger partial charge in [-0.2, -0.15) is 4.98 Å². The van der Waals surface area contributed by atoms with Crippen molar-refractivity contribution < 1.29 is 4.52 Å². The largest absolute Gasteiger partial charge is 0.365 e. The molecule has 0 saturated carbocycles. The third kappa shape index (κ3) is 1.19. The summed E-state index contributed by atoms with van der Waals surface area (Å²) in [5.74, 6) is 1.25. The Hall–Kier alpha value is -1.10. The zero-order valence-electron chi connectivity index (χ0n) is 6.08. The number of hydrogen-bond donors (Lipinski definition) is 2. The summed E-state index contributed by atoms with van der Waals surface area (Å²) in [6.45, 7) is 1.94. The lowest BCUT2D eigenvalue weighted by Gasteiger charge is -1.97. The fourth-order valence-electron chi connectivity index (χ4n) is 1.28. The number of nitrogen functional groups attached to an aromatic ring is 1. The molecule has 5 nitrogen and oxygen atoms in total. The van der Waals surface area contributed by atoms with Crippen molar-refractivity contribution in [3.8, 4) is 0 Å². The zero-order valence-corrected chi connectivity index (χ0v) is 6.08. The Morgan fingerprint density at radius 2 is 2.55 bits per heavy atom. The molecule has 2 rings (SSSR count). The van der Waals surface area contributed by atoms with Gasteiger partial charge in [0.05, 0.1) is 5.92 Å². The minimum atomic E-state index is 0.229. The summed E-state index contributed by atoms with van der Waals surface area (Å²) in [4.78, 5) is 3.95. The maximum Gasteiger partial charge on any atom is 0.260 e. The first-order valence-corrected chi connectivity index (χ1v) is 3.66. The third-order valence-electron chi connectivity index (χ3n) is 1.87. The van der Waals surface area contributed by atoms with Crippen LogP contribution in [0.15, 0.2) is 4.52 Å². The van der Waals surface area contributed by atoms with Crippen LogP contribution in [-0.4, -0.2) is 23.2 Å². The van der Waals surface area contributed by atoms with E-state index in [9.17, 15) is 0 Å². The molecule has 0 aliphatic carbocycles. The average molecular weight is 154 g/mol. The van der Waals surface area contributed by atoms with Gasteiger partial charge in [-0.25, -0.2) is 0 Å². The molecule has 1 saturated heterocycles. The van der Waals surface area contributed by atoms with Crippen molar-refractivity contribution in [2.24, 2.45) is 0 Å². The molecule has 11 heavy (non-hydrogen) atoms. The van der Waals surface area contributed by atoms with Crippen LogP contribution in [-0.2, 0) is 0 Å². The van der Waals surface area contributed by atoms with Crippen LogP contribution in [0.2, 0.25) is 0 Å². The lowest BCUT2D eigenvalue weighted by molar-refractivity contribution is 0.359. The molecule has 1 fully saturated rings. The molecule has 1 aliphatic heterocycles. The van der Waals surface area contributed by atoms with E-state index >= 15 is 0 Å². The molecule has 0 aromatic carbocycles. The summed E-state index contributed by atoms with van der Waals surface area (Å²) in [6, 6.07) is 0. The van der Waals surface area contributed by atoms with E-state index in [4.69, 9.17) is 10.3 Å². The number of aromatic nitrogens is 2. The number of hydrogen-bond acceptors (Lipinski definition) is 5. The SMILES string of the molecule is Nc1noc(C2CCNC2)n1. The first-order chi connectivity index (χ1) is 5.36. The highest BCUT2D eigenvalue weighted by molar-refractivity contribution is 5.12. The highest BCUT2D eigenvalue weighted by atomic mass is 16.5. The smallest absolute Gasteiger partial charge is 0.260 e. The van der Waals surface area contributed by atoms with Gasteiger partial charge in [0.2, 0.25) is 5.89 Å². The molecule has 1 atom stereocenters. The van der Waals surface area contributed by atoms with Gasteiger partial charge < -0.3 is 15.6 Å². The van der Waals surface area contributed by atoms with Crippen LogP contribution in [0, 0.1) is 0 Å². The topological polar surface area (TPSA) is 77.0 Å². The van der Waals surface area contributed by atoms with Gasteiger partial charge in [-0.1, -0.05) is 0 Å². The number of nitrogens with one attached hydrogen (secondary N) is 1. The molecule has 0 radical (unpaired) electrons. The van der Waals surface area contributed by atoms with Crippen molar-refractivity contribution in [2.45, 2.75) is 12.3 Å². The molecule has 60 valence electrons. The molecule has 0 amide bonds. The second-order valence-corrected chi connectivity index (χ2v) is 2.68. The van der Waals surface area contributed by atoms with E-state index in [2.05, 4.69) is 15.5 Å². The normalized spacial score (nSPS) is 24.2. The van der Waals surface area contributed by atoms with Crippen LogP contribution in [0.5, 0.6) is 0 Å². The van der Waals surface area contributed by atoms with Crippen molar-refractivity contribution in [3.63, 3.8) is 0 Å². The summed E-state index contributed by atoms with van der Waals surface area (Å²) in [7, 11) is 0. The van der Waals surface area contributed by atoms with Crippen LogP contribution >= 0.6 is 0 Å². The molecule has 5 heteroatoms. The van der Waals surface area contributed by atoms with Crippen LogP contribution in [0.25, 0.3) is 0 Å². The molecule has 1 unspecified atom stereocenters. The number of nitrogens with two attached hydrogens (primary N) is 1. The fraction of sp³-hybridized carbons (Fsp3) is 0.667. The Bertz CT molecular complexity index is 240. The third-order valence-corrected chi connectivity index (χ3v) is 1.87. The Balaban J connectivity index is 2.15. The van der Waals surface area contributed by atoms with E-state index in [0.29, 0.717) is 11.8 Å². The summed E-state index contributed by atoms with van der Waals surface area (Å²) < 4.78 is 4.92. The Labute approximate surface area is 64.0 Å². The van der Waals surface area contributed by atoms with E-state index < -0.39 is 0 Å². The predicted octanol–water partition coefficient (Wildman–Crippen LogP) is -0.271. The van der Waals surface area contributed by atoms with Gasteiger partial charge in [-0.05, 0) is 18.1 Å². The highest BCUT2D eigenvalue weighted by Gasteiger charge is 2.21. The molecule has 2 heterocycles. The van der Waals surface area contributed by atoms with Crippen molar-refractivity contribution in [2.75, 3.05) is 18.8 Å². The van der Waals surface area contributed by atoms with E-state index in [1.165, 1.54) is 0 Å². The highest BCUT2D eigenvalue weighted by Crippen LogP contribution is 2.20. The Morgan fingerprint density at radius 1 is 1.64 bits per heavy atom. The van der Waals surface area contributed by atoms with Crippen LogP contribution in [0.3, 0.4) is 0 Å². The summed E-state index contributed by atoms with van der Waals surface area (Å²) in [5, 5.41) is 6.74. The van der Waals surface area contributed by atoms with Gasteiger partial charge in [0.1, 0.15) is 0 Å². The number of nitrogens with zero attached hydrogens (tertiary/aromatic N) is 2. The van der Waals surface area contributed by atoms with Gasteiger partial charge >= 0.3 is 0 Å². The lowest BCUT2D eigenvalue weighted by Crippen LogP contribution is -2.08. The van der Waals surface area contributed by atoms with Gasteiger partial charge in [-0.15, -0.1) is 0 Å². The molecular weight excluding hydrogens is 144 g/mol. The first-order valence-electron chi connectivity index (χ1n) is 3.66. The van der Waals surface area contributed by atoms with E-state index in [0.717, 1.165) is 19.5 Å². The van der Waals surface area contributed by atoms with E-state index in [-0.39, 0.29) is 5.95 Å².